The third-order valence-electron chi connectivity index (χ3n) is 5.05. The number of thioether (sulfide) groups is 1. The SMILES string of the molecule is CSc1ccccc1NC(=O)CN(C)C(=O)C1(c2ccccc2)CCC1. The molecule has 1 aliphatic rings. The Hall–Kier alpha value is -2.27. The average Bonchev–Trinajstić information content (AvgIpc) is 2.62. The molecule has 0 heterocycles. The topological polar surface area (TPSA) is 49.4 Å². The van der Waals surface area contributed by atoms with Crippen molar-refractivity contribution in [1.29, 1.82) is 0 Å². The first kappa shape index (κ1) is 18.5. The molecule has 2 aromatic rings. The molecule has 0 aliphatic heterocycles. The lowest BCUT2D eigenvalue weighted by molar-refractivity contribution is -0.141. The molecule has 1 fully saturated rings. The van der Waals surface area contributed by atoms with Crippen molar-refractivity contribution in [1.82, 2.24) is 4.90 Å². The Kier molecular flexibility index (Phi) is 5.67. The molecule has 0 radical (unpaired) electrons. The van der Waals surface area contributed by atoms with Crippen molar-refractivity contribution in [2.75, 3.05) is 25.2 Å². The van der Waals surface area contributed by atoms with Gasteiger partial charge in [-0.15, -0.1) is 11.8 Å². The Morgan fingerprint density at radius 1 is 1.08 bits per heavy atom. The second-order valence-corrected chi connectivity index (χ2v) is 7.56. The normalized spacial score (nSPS) is 15.0. The van der Waals surface area contributed by atoms with E-state index in [9.17, 15) is 9.59 Å². The van der Waals surface area contributed by atoms with E-state index in [-0.39, 0.29) is 18.4 Å². The number of para-hydroxylation sites is 1. The van der Waals surface area contributed by atoms with Crippen LogP contribution in [0, 0.1) is 0 Å². The number of nitrogens with zero attached hydrogens (tertiary/aromatic N) is 1. The molecule has 0 atom stereocenters. The third-order valence-corrected chi connectivity index (χ3v) is 5.85. The van der Waals surface area contributed by atoms with Crippen LogP contribution in [0.3, 0.4) is 0 Å². The number of likely N-dealkylation sites (N-methyl/N-ethyl adjacent to an activating group) is 1. The third kappa shape index (κ3) is 3.63. The smallest absolute Gasteiger partial charge is 0.244 e. The lowest BCUT2D eigenvalue weighted by atomic mass is 9.63. The van der Waals surface area contributed by atoms with Crippen molar-refractivity contribution in [3.63, 3.8) is 0 Å². The quantitative estimate of drug-likeness (QED) is 0.786. The summed E-state index contributed by atoms with van der Waals surface area (Å²) in [5.74, 6) is -0.145. The van der Waals surface area contributed by atoms with Gasteiger partial charge in [0, 0.05) is 11.9 Å². The molecule has 1 saturated carbocycles. The molecule has 2 aromatic carbocycles. The molecule has 5 heteroatoms. The van der Waals surface area contributed by atoms with E-state index in [1.54, 1.807) is 23.7 Å². The molecule has 1 N–H and O–H groups in total. The lowest BCUT2D eigenvalue weighted by Crippen LogP contribution is -2.51. The second-order valence-electron chi connectivity index (χ2n) is 6.71. The highest BCUT2D eigenvalue weighted by Gasteiger charge is 2.47. The molecule has 0 unspecified atom stereocenters. The van der Waals surface area contributed by atoms with Crippen LogP contribution in [0.15, 0.2) is 59.5 Å². The van der Waals surface area contributed by atoms with Crippen molar-refractivity contribution in [3.05, 3.63) is 60.2 Å². The maximum absolute atomic E-state index is 13.1. The highest BCUT2D eigenvalue weighted by molar-refractivity contribution is 7.98. The number of hydrogen-bond donors (Lipinski definition) is 1. The summed E-state index contributed by atoms with van der Waals surface area (Å²) >= 11 is 1.58. The number of hydrogen-bond acceptors (Lipinski definition) is 3. The fourth-order valence-corrected chi connectivity index (χ4v) is 4.06. The zero-order valence-corrected chi connectivity index (χ0v) is 16.0. The standard InChI is InChI=1S/C21H24N2O2S/c1-23(15-19(24)22-17-11-6-7-12-18(17)26-2)20(25)21(13-8-14-21)16-9-4-3-5-10-16/h3-7,9-12H,8,13-15H2,1-2H3,(H,22,24). The van der Waals surface area contributed by atoms with Gasteiger partial charge in [0.1, 0.15) is 0 Å². The van der Waals surface area contributed by atoms with E-state index in [4.69, 9.17) is 0 Å². The van der Waals surface area contributed by atoms with Crippen LogP contribution in [-0.4, -0.2) is 36.6 Å². The van der Waals surface area contributed by atoms with Crippen LogP contribution in [-0.2, 0) is 15.0 Å². The Morgan fingerprint density at radius 2 is 1.73 bits per heavy atom. The van der Waals surface area contributed by atoms with Gasteiger partial charge in [-0.05, 0) is 36.8 Å². The van der Waals surface area contributed by atoms with Crippen LogP contribution < -0.4 is 5.32 Å². The predicted molar refractivity (Wildman–Crippen MR) is 106 cm³/mol. The van der Waals surface area contributed by atoms with Crippen molar-refractivity contribution in [2.45, 2.75) is 29.6 Å². The molecule has 0 bridgehead atoms. The Bertz CT molecular complexity index is 788. The summed E-state index contributed by atoms with van der Waals surface area (Å²) in [6, 6.07) is 17.6. The highest BCUT2D eigenvalue weighted by Crippen LogP contribution is 2.44. The van der Waals surface area contributed by atoms with Crippen molar-refractivity contribution < 1.29 is 9.59 Å². The maximum atomic E-state index is 13.1. The number of carbonyl (C=O) groups is 2. The summed E-state index contributed by atoms with van der Waals surface area (Å²) in [6.45, 7) is 0.0517. The number of carbonyl (C=O) groups excluding carboxylic acids is 2. The van der Waals surface area contributed by atoms with Crippen LogP contribution >= 0.6 is 11.8 Å². The van der Waals surface area contributed by atoms with Crippen molar-refractivity contribution in [3.8, 4) is 0 Å². The molecule has 0 spiro atoms. The minimum atomic E-state index is -0.465. The largest absolute Gasteiger partial charge is 0.336 e. The summed E-state index contributed by atoms with van der Waals surface area (Å²) in [5.41, 5.74) is 1.37. The Labute approximate surface area is 159 Å². The number of anilines is 1. The first-order valence-electron chi connectivity index (χ1n) is 8.81. The van der Waals surface area contributed by atoms with E-state index in [0.29, 0.717) is 0 Å². The van der Waals surface area contributed by atoms with E-state index in [0.717, 1.165) is 35.4 Å². The zero-order valence-electron chi connectivity index (χ0n) is 15.2. The lowest BCUT2D eigenvalue weighted by Gasteiger charge is -2.43. The zero-order chi connectivity index (χ0) is 18.6. The predicted octanol–water partition coefficient (Wildman–Crippen LogP) is 3.93. The minimum Gasteiger partial charge on any atom is -0.336 e. The van der Waals surface area contributed by atoms with E-state index < -0.39 is 5.41 Å². The van der Waals surface area contributed by atoms with Gasteiger partial charge in [0.2, 0.25) is 11.8 Å². The number of rotatable bonds is 6. The summed E-state index contributed by atoms with van der Waals surface area (Å²) in [6.07, 6.45) is 4.71. The van der Waals surface area contributed by atoms with E-state index in [1.807, 2.05) is 60.9 Å². The van der Waals surface area contributed by atoms with Gasteiger partial charge in [-0.25, -0.2) is 0 Å². The monoisotopic (exact) mass is 368 g/mol. The fourth-order valence-electron chi connectivity index (χ4n) is 3.50. The molecule has 136 valence electrons. The first-order chi connectivity index (χ1) is 12.6. The Morgan fingerprint density at radius 3 is 2.35 bits per heavy atom. The van der Waals surface area contributed by atoms with Gasteiger partial charge >= 0.3 is 0 Å². The molecule has 4 nitrogen and oxygen atoms in total. The maximum Gasteiger partial charge on any atom is 0.244 e. The summed E-state index contributed by atoms with van der Waals surface area (Å²) in [4.78, 5) is 28.1. The van der Waals surface area contributed by atoms with E-state index in [1.165, 1.54) is 0 Å². The highest BCUT2D eigenvalue weighted by atomic mass is 32.2. The Balaban J connectivity index is 1.68. The second kappa shape index (κ2) is 7.96. The minimum absolute atomic E-state index is 0.0308. The summed E-state index contributed by atoms with van der Waals surface area (Å²) in [7, 11) is 1.71. The van der Waals surface area contributed by atoms with Gasteiger partial charge < -0.3 is 10.2 Å². The molecule has 2 amide bonds. The molecular weight excluding hydrogens is 344 g/mol. The van der Waals surface area contributed by atoms with Crippen molar-refractivity contribution in [2.24, 2.45) is 0 Å². The molecule has 0 aromatic heterocycles. The number of amides is 2. The summed E-state index contributed by atoms with van der Waals surface area (Å²) in [5, 5.41) is 2.92. The van der Waals surface area contributed by atoms with Gasteiger partial charge in [0.25, 0.3) is 0 Å². The van der Waals surface area contributed by atoms with Crippen LogP contribution in [0.5, 0.6) is 0 Å². The number of benzene rings is 2. The van der Waals surface area contributed by atoms with Crippen LogP contribution in [0.25, 0.3) is 0 Å². The molecule has 26 heavy (non-hydrogen) atoms. The van der Waals surface area contributed by atoms with Gasteiger partial charge in [0.05, 0.1) is 17.6 Å². The summed E-state index contributed by atoms with van der Waals surface area (Å²) < 4.78 is 0. The van der Waals surface area contributed by atoms with Gasteiger partial charge in [-0.2, -0.15) is 0 Å². The van der Waals surface area contributed by atoms with Crippen LogP contribution in [0.2, 0.25) is 0 Å². The van der Waals surface area contributed by atoms with Crippen molar-refractivity contribution >= 4 is 29.3 Å². The van der Waals surface area contributed by atoms with Gasteiger partial charge in [0.15, 0.2) is 0 Å². The van der Waals surface area contributed by atoms with E-state index >= 15 is 0 Å². The van der Waals surface area contributed by atoms with Crippen LogP contribution in [0.4, 0.5) is 5.69 Å². The molecular formula is C21H24N2O2S. The van der Waals surface area contributed by atoms with E-state index in [2.05, 4.69) is 5.32 Å². The van der Waals surface area contributed by atoms with Gasteiger partial charge in [-0.3, -0.25) is 9.59 Å². The first-order valence-corrected chi connectivity index (χ1v) is 10.0. The van der Waals surface area contributed by atoms with Gasteiger partial charge in [-0.1, -0.05) is 48.9 Å². The van der Waals surface area contributed by atoms with Crippen LogP contribution in [0.1, 0.15) is 24.8 Å². The molecule has 1 aliphatic carbocycles. The average molecular weight is 369 g/mol. The molecule has 0 saturated heterocycles. The number of nitrogens with one attached hydrogen (secondary N) is 1. The molecule has 3 rings (SSSR count). The fraction of sp³-hybridized carbons (Fsp3) is 0.333.